The van der Waals surface area contributed by atoms with Crippen LogP contribution in [0.15, 0.2) is 54.6 Å². The number of nitrogens with zero attached hydrogens (tertiary/aromatic N) is 1. The summed E-state index contributed by atoms with van der Waals surface area (Å²) in [6, 6.07) is 16.2. The maximum atomic E-state index is 13.6. The topological polar surface area (TPSA) is 69.6 Å². The lowest BCUT2D eigenvalue weighted by molar-refractivity contribution is -0.131. The van der Waals surface area contributed by atoms with Gasteiger partial charge in [0, 0.05) is 30.5 Å². The first-order valence-corrected chi connectivity index (χ1v) is 12.2. The number of nitrogens with one attached hydrogen (secondary N) is 1. The summed E-state index contributed by atoms with van der Waals surface area (Å²) in [5, 5.41) is 12.0. The van der Waals surface area contributed by atoms with E-state index in [1.165, 1.54) is 43.0 Å². The predicted octanol–water partition coefficient (Wildman–Crippen LogP) is 5.91. The molecule has 2 aliphatic rings. The zero-order valence-electron chi connectivity index (χ0n) is 19.3. The van der Waals surface area contributed by atoms with Gasteiger partial charge in [0.05, 0.1) is 5.41 Å². The molecule has 2 aromatic rings. The highest BCUT2D eigenvalue weighted by Gasteiger charge is 2.39. The molecule has 0 radical (unpaired) electrons. The molecule has 1 amide bonds. The lowest BCUT2D eigenvalue weighted by Gasteiger charge is -2.36. The average molecular weight is 447 g/mol. The minimum absolute atomic E-state index is 0.0710. The van der Waals surface area contributed by atoms with Crippen LogP contribution in [-0.2, 0) is 16.0 Å². The first kappa shape index (κ1) is 23.1. The maximum absolute atomic E-state index is 13.6. The Labute approximate surface area is 196 Å². The van der Waals surface area contributed by atoms with E-state index in [1.54, 1.807) is 0 Å². The van der Waals surface area contributed by atoms with Gasteiger partial charge in [-0.2, -0.15) is 0 Å². The fraction of sp³-hybridized carbons (Fsp3) is 0.429. The van der Waals surface area contributed by atoms with Crippen molar-refractivity contribution in [2.24, 2.45) is 5.41 Å². The van der Waals surface area contributed by atoms with Gasteiger partial charge in [-0.1, -0.05) is 43.5 Å². The van der Waals surface area contributed by atoms with Gasteiger partial charge < -0.3 is 15.3 Å². The second kappa shape index (κ2) is 10.7. The number of benzene rings is 2. The van der Waals surface area contributed by atoms with E-state index in [0.29, 0.717) is 5.69 Å². The molecule has 1 aliphatic heterocycles. The normalized spacial score (nSPS) is 18.2. The molecule has 0 atom stereocenters. The van der Waals surface area contributed by atoms with Gasteiger partial charge in [-0.15, -0.1) is 0 Å². The number of amides is 1. The van der Waals surface area contributed by atoms with Crippen molar-refractivity contribution < 1.29 is 14.7 Å². The van der Waals surface area contributed by atoms with Crippen molar-refractivity contribution in [2.45, 2.75) is 57.8 Å². The Balaban J connectivity index is 1.48. The summed E-state index contributed by atoms with van der Waals surface area (Å²) in [7, 11) is 0. The van der Waals surface area contributed by atoms with E-state index in [0.717, 1.165) is 56.8 Å². The number of rotatable bonds is 7. The maximum Gasteiger partial charge on any atom is 0.328 e. The molecule has 1 heterocycles. The largest absolute Gasteiger partial charge is 0.478 e. The van der Waals surface area contributed by atoms with Crippen molar-refractivity contribution >= 4 is 29.3 Å². The van der Waals surface area contributed by atoms with Crippen LogP contribution in [0.25, 0.3) is 6.08 Å². The Morgan fingerprint density at radius 2 is 1.64 bits per heavy atom. The number of carboxylic acid groups (broad SMARTS) is 1. The fourth-order valence-corrected chi connectivity index (χ4v) is 5.23. The second-order valence-corrected chi connectivity index (χ2v) is 9.48. The van der Waals surface area contributed by atoms with Crippen LogP contribution >= 0.6 is 0 Å². The third-order valence-corrected chi connectivity index (χ3v) is 7.06. The first-order chi connectivity index (χ1) is 16.0. The lowest BCUT2D eigenvalue weighted by Crippen LogP contribution is -2.40. The van der Waals surface area contributed by atoms with E-state index in [1.807, 2.05) is 24.3 Å². The number of carboxylic acids is 1. The predicted molar refractivity (Wildman–Crippen MR) is 133 cm³/mol. The summed E-state index contributed by atoms with van der Waals surface area (Å²) >= 11 is 0. The van der Waals surface area contributed by atoms with E-state index < -0.39 is 11.4 Å². The number of carbonyl (C=O) groups is 2. The number of hydrogen-bond acceptors (Lipinski definition) is 3. The molecule has 174 valence electrons. The van der Waals surface area contributed by atoms with Gasteiger partial charge in [0.2, 0.25) is 5.91 Å². The Kier molecular flexibility index (Phi) is 7.48. The number of carbonyl (C=O) groups excluding carboxylic acids is 1. The first-order valence-electron chi connectivity index (χ1n) is 12.2. The van der Waals surface area contributed by atoms with Gasteiger partial charge in [-0.25, -0.2) is 4.79 Å². The van der Waals surface area contributed by atoms with Crippen LogP contribution in [0, 0.1) is 5.41 Å². The highest BCUT2D eigenvalue weighted by Crippen LogP contribution is 2.40. The molecule has 2 N–H and O–H groups in total. The molecule has 1 saturated carbocycles. The number of piperidine rings is 1. The smallest absolute Gasteiger partial charge is 0.328 e. The number of hydrogen-bond donors (Lipinski definition) is 2. The van der Waals surface area contributed by atoms with Crippen LogP contribution in [0.1, 0.15) is 62.5 Å². The standard InChI is InChI=1S/C28H34N2O3/c31-26(32)15-12-22-8-7-9-24(20-22)29-27(33)28(16-3-1-4-17-28)21-23-10-13-25(14-11-23)30-18-5-2-6-19-30/h7-15,20H,1-6,16-19,21H2,(H,29,33)(H,31,32)/b15-12+. The van der Waals surface area contributed by atoms with E-state index in [-0.39, 0.29) is 5.91 Å². The molecule has 2 fully saturated rings. The molecule has 0 spiro atoms. The van der Waals surface area contributed by atoms with Gasteiger partial charge in [-0.05, 0) is 80.0 Å². The van der Waals surface area contributed by atoms with E-state index >= 15 is 0 Å². The minimum Gasteiger partial charge on any atom is -0.478 e. The van der Waals surface area contributed by atoms with Crippen LogP contribution in [0.2, 0.25) is 0 Å². The Hall–Kier alpha value is -3.08. The van der Waals surface area contributed by atoms with Gasteiger partial charge in [0.25, 0.3) is 0 Å². The van der Waals surface area contributed by atoms with Gasteiger partial charge >= 0.3 is 5.97 Å². The van der Waals surface area contributed by atoms with Crippen molar-refractivity contribution in [3.8, 4) is 0 Å². The highest BCUT2D eigenvalue weighted by atomic mass is 16.4. The van der Waals surface area contributed by atoms with Gasteiger partial charge in [0.15, 0.2) is 0 Å². The molecule has 5 nitrogen and oxygen atoms in total. The summed E-state index contributed by atoms with van der Waals surface area (Å²) in [5.74, 6) is -0.918. The molecule has 2 aromatic carbocycles. The molecular weight excluding hydrogens is 412 g/mol. The zero-order valence-corrected chi connectivity index (χ0v) is 19.3. The molecule has 0 bridgehead atoms. The number of aliphatic carboxylic acids is 1. The summed E-state index contributed by atoms with van der Waals surface area (Å²) in [6.07, 6.45) is 12.4. The van der Waals surface area contributed by atoms with Crippen molar-refractivity contribution in [1.29, 1.82) is 0 Å². The molecule has 33 heavy (non-hydrogen) atoms. The van der Waals surface area contributed by atoms with Crippen LogP contribution < -0.4 is 10.2 Å². The Morgan fingerprint density at radius 1 is 0.939 bits per heavy atom. The van der Waals surface area contributed by atoms with Crippen LogP contribution in [-0.4, -0.2) is 30.1 Å². The van der Waals surface area contributed by atoms with Crippen LogP contribution in [0.5, 0.6) is 0 Å². The van der Waals surface area contributed by atoms with E-state index in [9.17, 15) is 9.59 Å². The molecule has 0 aromatic heterocycles. The van der Waals surface area contributed by atoms with Crippen LogP contribution in [0.3, 0.4) is 0 Å². The zero-order chi connectivity index (χ0) is 23.1. The summed E-state index contributed by atoms with van der Waals surface area (Å²) < 4.78 is 0. The third-order valence-electron chi connectivity index (χ3n) is 7.06. The third kappa shape index (κ3) is 6.04. The van der Waals surface area contributed by atoms with Crippen molar-refractivity contribution in [2.75, 3.05) is 23.3 Å². The van der Waals surface area contributed by atoms with E-state index in [4.69, 9.17) is 5.11 Å². The van der Waals surface area contributed by atoms with Crippen molar-refractivity contribution in [3.63, 3.8) is 0 Å². The van der Waals surface area contributed by atoms with E-state index in [2.05, 4.69) is 34.5 Å². The SMILES string of the molecule is O=C(O)/C=C/c1cccc(NC(=O)C2(Cc3ccc(N4CCCCC4)cc3)CCCCC2)c1. The van der Waals surface area contributed by atoms with Gasteiger partial charge in [0.1, 0.15) is 0 Å². The summed E-state index contributed by atoms with van der Waals surface area (Å²) in [6.45, 7) is 2.26. The number of anilines is 2. The molecule has 1 saturated heterocycles. The van der Waals surface area contributed by atoms with Gasteiger partial charge in [-0.3, -0.25) is 4.79 Å². The molecule has 0 unspecified atom stereocenters. The average Bonchev–Trinajstić information content (AvgIpc) is 2.84. The Bertz CT molecular complexity index is 984. The molecular formula is C28H34N2O3. The lowest BCUT2D eigenvalue weighted by atomic mass is 9.69. The Morgan fingerprint density at radius 3 is 2.33 bits per heavy atom. The minimum atomic E-state index is -0.989. The quantitative estimate of drug-likeness (QED) is 0.519. The monoisotopic (exact) mass is 446 g/mol. The van der Waals surface area contributed by atoms with Crippen molar-refractivity contribution in [3.05, 3.63) is 65.7 Å². The van der Waals surface area contributed by atoms with Crippen LogP contribution in [0.4, 0.5) is 11.4 Å². The summed E-state index contributed by atoms with van der Waals surface area (Å²) in [4.78, 5) is 26.8. The molecule has 1 aliphatic carbocycles. The van der Waals surface area contributed by atoms with Crippen molar-refractivity contribution in [1.82, 2.24) is 0 Å². The molecule has 5 heteroatoms. The fourth-order valence-electron chi connectivity index (χ4n) is 5.23. The molecule has 4 rings (SSSR count). The highest BCUT2D eigenvalue weighted by molar-refractivity contribution is 5.96. The second-order valence-electron chi connectivity index (χ2n) is 9.48. The summed E-state index contributed by atoms with van der Waals surface area (Å²) in [5.41, 5.74) is 3.55.